The molecule has 3 rings (SSSR count). The van der Waals surface area contributed by atoms with E-state index in [1.54, 1.807) is 0 Å². The van der Waals surface area contributed by atoms with Gasteiger partial charge in [-0.2, -0.15) is 0 Å². The van der Waals surface area contributed by atoms with Crippen LogP contribution in [0.3, 0.4) is 0 Å². The number of benzene rings is 1. The molecule has 1 aromatic carbocycles. The van der Waals surface area contributed by atoms with Crippen LogP contribution in [-0.4, -0.2) is 30.3 Å². The van der Waals surface area contributed by atoms with Gasteiger partial charge in [-0.25, -0.2) is 18.1 Å². The lowest BCUT2D eigenvalue weighted by atomic mass is 10.3. The number of hydrogen-bond donors (Lipinski definition) is 2. The molecule has 22 heavy (non-hydrogen) atoms. The van der Waals surface area contributed by atoms with E-state index in [4.69, 9.17) is 0 Å². The highest BCUT2D eigenvalue weighted by Crippen LogP contribution is 2.22. The van der Waals surface area contributed by atoms with Crippen molar-refractivity contribution in [1.29, 1.82) is 0 Å². The Bertz CT molecular complexity index is 771. The molecule has 1 amide bonds. The SMILES string of the molecule is O=C(Nc1ccc(S(=O)(=O)NC2CC2)cc1)c1cnccn1. The fourth-order valence-corrected chi connectivity index (χ4v) is 3.12. The Labute approximate surface area is 127 Å². The summed E-state index contributed by atoms with van der Waals surface area (Å²) in [4.78, 5) is 19.8. The lowest BCUT2D eigenvalue weighted by Crippen LogP contribution is -2.25. The van der Waals surface area contributed by atoms with Gasteiger partial charge < -0.3 is 5.32 Å². The van der Waals surface area contributed by atoms with Crippen LogP contribution in [0.4, 0.5) is 5.69 Å². The molecule has 1 aromatic heterocycles. The zero-order chi connectivity index (χ0) is 15.6. The lowest BCUT2D eigenvalue weighted by molar-refractivity contribution is 0.102. The number of sulfonamides is 1. The molecule has 2 aromatic rings. The van der Waals surface area contributed by atoms with Crippen LogP contribution in [0.5, 0.6) is 0 Å². The summed E-state index contributed by atoms with van der Waals surface area (Å²) in [6, 6.07) is 6.04. The zero-order valence-corrected chi connectivity index (χ0v) is 12.4. The van der Waals surface area contributed by atoms with E-state index in [0.29, 0.717) is 5.69 Å². The van der Waals surface area contributed by atoms with Crippen molar-refractivity contribution < 1.29 is 13.2 Å². The highest BCUT2D eigenvalue weighted by Gasteiger charge is 2.27. The van der Waals surface area contributed by atoms with Crippen molar-refractivity contribution >= 4 is 21.6 Å². The van der Waals surface area contributed by atoms with Crippen LogP contribution >= 0.6 is 0 Å². The predicted octanol–water partition coefficient (Wildman–Crippen LogP) is 1.17. The molecule has 1 heterocycles. The molecule has 1 fully saturated rings. The van der Waals surface area contributed by atoms with Crippen LogP contribution in [0.1, 0.15) is 23.3 Å². The Morgan fingerprint density at radius 2 is 1.86 bits per heavy atom. The number of nitrogens with zero attached hydrogens (tertiary/aromatic N) is 2. The fraction of sp³-hybridized carbons (Fsp3) is 0.214. The van der Waals surface area contributed by atoms with Gasteiger partial charge in [0, 0.05) is 24.1 Å². The summed E-state index contributed by atoms with van der Waals surface area (Å²) in [7, 11) is -3.48. The van der Waals surface area contributed by atoms with Crippen LogP contribution in [0.15, 0.2) is 47.8 Å². The molecule has 8 heteroatoms. The van der Waals surface area contributed by atoms with E-state index < -0.39 is 15.9 Å². The number of aromatic nitrogens is 2. The second-order valence-electron chi connectivity index (χ2n) is 4.96. The maximum atomic E-state index is 12.0. The van der Waals surface area contributed by atoms with E-state index >= 15 is 0 Å². The minimum Gasteiger partial charge on any atom is -0.321 e. The molecule has 114 valence electrons. The molecule has 2 N–H and O–H groups in total. The number of amides is 1. The number of carbonyl (C=O) groups is 1. The third kappa shape index (κ3) is 3.46. The molecular formula is C14H14N4O3S. The van der Waals surface area contributed by atoms with Crippen molar-refractivity contribution in [1.82, 2.24) is 14.7 Å². The van der Waals surface area contributed by atoms with Gasteiger partial charge in [0.15, 0.2) is 0 Å². The summed E-state index contributed by atoms with van der Waals surface area (Å²) in [5.74, 6) is -0.403. The van der Waals surface area contributed by atoms with E-state index in [-0.39, 0.29) is 16.6 Å². The monoisotopic (exact) mass is 318 g/mol. The number of rotatable bonds is 5. The van der Waals surface area contributed by atoms with Crippen molar-refractivity contribution in [2.75, 3.05) is 5.32 Å². The minimum absolute atomic E-state index is 0.0565. The second kappa shape index (κ2) is 5.82. The summed E-state index contributed by atoms with van der Waals surface area (Å²) >= 11 is 0. The maximum Gasteiger partial charge on any atom is 0.275 e. The van der Waals surface area contributed by atoms with Gasteiger partial charge in [0.05, 0.1) is 11.1 Å². The van der Waals surface area contributed by atoms with Crippen LogP contribution in [-0.2, 0) is 10.0 Å². The van der Waals surface area contributed by atoms with Gasteiger partial charge in [-0.3, -0.25) is 9.78 Å². The van der Waals surface area contributed by atoms with E-state index in [9.17, 15) is 13.2 Å². The molecule has 0 saturated heterocycles. The quantitative estimate of drug-likeness (QED) is 0.862. The smallest absolute Gasteiger partial charge is 0.275 e. The highest BCUT2D eigenvalue weighted by atomic mass is 32.2. The summed E-state index contributed by atoms with van der Waals surface area (Å²) in [5.41, 5.74) is 0.677. The van der Waals surface area contributed by atoms with Gasteiger partial charge in [-0.15, -0.1) is 0 Å². The molecule has 1 saturated carbocycles. The third-order valence-electron chi connectivity index (χ3n) is 3.12. The van der Waals surface area contributed by atoms with Crippen molar-refractivity contribution in [3.63, 3.8) is 0 Å². The van der Waals surface area contributed by atoms with Crippen molar-refractivity contribution in [3.05, 3.63) is 48.5 Å². The number of anilines is 1. The van der Waals surface area contributed by atoms with E-state index in [1.165, 1.54) is 42.9 Å². The standard InChI is InChI=1S/C14H14N4O3S/c19-14(13-9-15-7-8-16-13)17-10-3-5-12(6-4-10)22(20,21)18-11-1-2-11/h3-9,11,18H,1-2H2,(H,17,19). The van der Waals surface area contributed by atoms with Gasteiger partial charge in [-0.05, 0) is 37.1 Å². The number of carbonyl (C=O) groups excluding carboxylic acids is 1. The van der Waals surface area contributed by atoms with Crippen molar-refractivity contribution in [3.8, 4) is 0 Å². The van der Waals surface area contributed by atoms with Gasteiger partial charge in [0.2, 0.25) is 10.0 Å². The number of nitrogens with one attached hydrogen (secondary N) is 2. The van der Waals surface area contributed by atoms with Crippen LogP contribution in [0.2, 0.25) is 0 Å². The predicted molar refractivity (Wildman–Crippen MR) is 79.8 cm³/mol. The average Bonchev–Trinajstić information content (AvgIpc) is 3.32. The number of hydrogen-bond acceptors (Lipinski definition) is 5. The Morgan fingerprint density at radius 1 is 1.14 bits per heavy atom. The van der Waals surface area contributed by atoms with Gasteiger partial charge in [-0.1, -0.05) is 0 Å². The first-order chi connectivity index (χ1) is 10.5. The van der Waals surface area contributed by atoms with Gasteiger partial charge >= 0.3 is 0 Å². The molecule has 0 radical (unpaired) electrons. The largest absolute Gasteiger partial charge is 0.321 e. The lowest BCUT2D eigenvalue weighted by Gasteiger charge is -2.07. The summed E-state index contributed by atoms with van der Waals surface area (Å²) < 4.78 is 26.6. The summed E-state index contributed by atoms with van der Waals surface area (Å²) in [6.07, 6.45) is 6.02. The Balaban J connectivity index is 1.70. The Hall–Kier alpha value is -2.32. The molecule has 7 nitrogen and oxygen atoms in total. The average molecular weight is 318 g/mol. The van der Waals surface area contributed by atoms with E-state index in [2.05, 4.69) is 20.0 Å². The third-order valence-corrected chi connectivity index (χ3v) is 4.65. The van der Waals surface area contributed by atoms with Crippen LogP contribution in [0, 0.1) is 0 Å². The molecular weight excluding hydrogens is 304 g/mol. The molecule has 0 unspecified atom stereocenters. The minimum atomic E-state index is -3.48. The summed E-state index contributed by atoms with van der Waals surface area (Å²) in [6.45, 7) is 0. The van der Waals surface area contributed by atoms with Gasteiger partial charge in [0.25, 0.3) is 5.91 Å². The topological polar surface area (TPSA) is 101 Å². The van der Waals surface area contributed by atoms with E-state index in [0.717, 1.165) is 12.8 Å². The second-order valence-corrected chi connectivity index (χ2v) is 6.68. The first kappa shape index (κ1) is 14.6. The first-order valence-electron chi connectivity index (χ1n) is 6.74. The van der Waals surface area contributed by atoms with Crippen molar-refractivity contribution in [2.24, 2.45) is 0 Å². The maximum absolute atomic E-state index is 12.0. The highest BCUT2D eigenvalue weighted by molar-refractivity contribution is 7.89. The first-order valence-corrected chi connectivity index (χ1v) is 8.23. The zero-order valence-electron chi connectivity index (χ0n) is 11.6. The molecule has 1 aliphatic carbocycles. The normalized spacial score (nSPS) is 14.5. The molecule has 0 spiro atoms. The van der Waals surface area contributed by atoms with Crippen LogP contribution < -0.4 is 10.0 Å². The molecule has 0 atom stereocenters. The Morgan fingerprint density at radius 3 is 2.45 bits per heavy atom. The van der Waals surface area contributed by atoms with Gasteiger partial charge in [0.1, 0.15) is 5.69 Å². The van der Waals surface area contributed by atoms with Crippen LogP contribution in [0.25, 0.3) is 0 Å². The molecule has 0 aliphatic heterocycles. The molecule has 1 aliphatic rings. The van der Waals surface area contributed by atoms with E-state index in [1.807, 2.05) is 0 Å². The Kier molecular flexibility index (Phi) is 3.86. The molecule has 0 bridgehead atoms. The summed E-state index contributed by atoms with van der Waals surface area (Å²) in [5, 5.41) is 2.63. The fourth-order valence-electron chi connectivity index (χ4n) is 1.82. The van der Waals surface area contributed by atoms with Crippen molar-refractivity contribution in [2.45, 2.75) is 23.8 Å².